The van der Waals surface area contributed by atoms with Crippen molar-refractivity contribution in [3.8, 4) is 0 Å². The summed E-state index contributed by atoms with van der Waals surface area (Å²) in [5, 5.41) is 36.5. The van der Waals surface area contributed by atoms with Crippen molar-refractivity contribution in [3.05, 3.63) is 83.2 Å². The van der Waals surface area contributed by atoms with E-state index in [4.69, 9.17) is 0 Å². The van der Waals surface area contributed by atoms with Gasteiger partial charge in [0, 0.05) is 38.2 Å². The fourth-order valence-electron chi connectivity index (χ4n) is 4.73. The van der Waals surface area contributed by atoms with Crippen LogP contribution in [0.5, 0.6) is 0 Å². The summed E-state index contributed by atoms with van der Waals surface area (Å²) in [5.74, 6) is -0.281. The number of carbonyl (C=O) groups excluding carboxylic acids is 2. The predicted molar refractivity (Wildman–Crippen MR) is 170 cm³/mol. The zero-order chi connectivity index (χ0) is 30.3. The molecular formula is C29H31N11O2S2. The van der Waals surface area contributed by atoms with E-state index in [2.05, 4.69) is 82.7 Å². The smallest absolute Gasteiger partial charge is 0.230 e. The Morgan fingerprint density at radius 3 is 2.45 bits per heavy atom. The third-order valence-corrected chi connectivity index (χ3v) is 8.65. The summed E-state index contributed by atoms with van der Waals surface area (Å²) in [6.45, 7) is 4.19. The summed E-state index contributed by atoms with van der Waals surface area (Å²) in [6, 6.07) is 18.0. The van der Waals surface area contributed by atoms with Crippen molar-refractivity contribution >= 4 is 55.0 Å². The minimum Gasteiger partial charge on any atom is -0.355 e. The second kappa shape index (κ2) is 13.7. The van der Waals surface area contributed by atoms with Crippen LogP contribution in [-0.2, 0) is 29.0 Å². The van der Waals surface area contributed by atoms with Crippen LogP contribution < -0.4 is 20.9 Å². The minimum absolute atomic E-state index is 0.133. The summed E-state index contributed by atoms with van der Waals surface area (Å²) in [7, 11) is 0. The number of nitrogens with zero attached hydrogens (tertiary/aromatic N) is 8. The Morgan fingerprint density at radius 1 is 0.864 bits per heavy atom. The number of benzene rings is 2. The lowest BCUT2D eigenvalue weighted by Crippen LogP contribution is -2.25. The quantitative estimate of drug-likeness (QED) is 0.186. The Bertz CT molecular complexity index is 1700. The number of aryl methyl sites for hydroxylation is 2. The van der Waals surface area contributed by atoms with Gasteiger partial charge in [0.05, 0.1) is 18.7 Å². The molecule has 3 N–H and O–H groups in total. The van der Waals surface area contributed by atoms with Crippen LogP contribution in [0.1, 0.15) is 35.2 Å². The van der Waals surface area contributed by atoms with Gasteiger partial charge in [-0.1, -0.05) is 88.0 Å². The molecule has 5 aromatic rings. The van der Waals surface area contributed by atoms with Crippen LogP contribution >= 0.6 is 22.7 Å². The van der Waals surface area contributed by atoms with Gasteiger partial charge in [0.15, 0.2) is 0 Å². The van der Waals surface area contributed by atoms with E-state index in [-0.39, 0.29) is 30.7 Å². The number of hydrogen-bond acceptors (Lipinski definition) is 12. The molecule has 0 spiro atoms. The molecule has 0 unspecified atom stereocenters. The van der Waals surface area contributed by atoms with E-state index >= 15 is 0 Å². The van der Waals surface area contributed by atoms with Crippen LogP contribution in [0.15, 0.2) is 60.8 Å². The van der Waals surface area contributed by atoms with Gasteiger partial charge < -0.3 is 20.9 Å². The van der Waals surface area contributed by atoms with Gasteiger partial charge in [-0.25, -0.2) is 4.68 Å². The molecule has 2 amide bonds. The molecule has 1 fully saturated rings. The summed E-state index contributed by atoms with van der Waals surface area (Å²) in [5.41, 5.74) is 4.06. The second-order valence-corrected chi connectivity index (χ2v) is 12.5. The first-order chi connectivity index (χ1) is 21.4. The number of rotatable bonds is 12. The highest BCUT2D eigenvalue weighted by Crippen LogP contribution is 2.29. The number of aromatic nitrogens is 7. The molecule has 6 rings (SSSR count). The number of anilines is 4. The molecule has 1 saturated heterocycles. The lowest BCUT2D eigenvalue weighted by atomic mass is 10.1. The van der Waals surface area contributed by atoms with Crippen LogP contribution in [-0.4, -0.2) is 66.3 Å². The topological polar surface area (TPSA) is 156 Å². The standard InChI is InChI=1S/C29H31N11O2S2/c1-19-7-9-21(10-8-19)16-40-18-23(33-38-40)11-12-24(41)31-28-36-37-29(44-28)39-14-13-22(17-39)30-26-34-35-27(43-26)32-25(42)15-20-5-3-2-4-6-20/h2-10,18,22H,11-17H2,1H3,(H,30,34)(H,31,36,41)(H,32,35,42)/t22-/m0/s1. The summed E-state index contributed by atoms with van der Waals surface area (Å²) in [6.07, 6.45) is 3.78. The van der Waals surface area contributed by atoms with E-state index in [0.717, 1.165) is 34.9 Å². The van der Waals surface area contributed by atoms with E-state index in [1.165, 1.54) is 28.2 Å². The van der Waals surface area contributed by atoms with Crippen molar-refractivity contribution in [2.75, 3.05) is 33.9 Å². The van der Waals surface area contributed by atoms with Gasteiger partial charge in [-0.05, 0) is 24.5 Å². The van der Waals surface area contributed by atoms with Gasteiger partial charge in [0.25, 0.3) is 0 Å². The molecule has 0 aliphatic carbocycles. The predicted octanol–water partition coefficient (Wildman–Crippen LogP) is 3.78. The average Bonchev–Trinajstić information content (AvgIpc) is 3.83. The maximum Gasteiger partial charge on any atom is 0.230 e. The highest BCUT2D eigenvalue weighted by atomic mass is 32.1. The lowest BCUT2D eigenvalue weighted by Gasteiger charge is -2.14. The van der Waals surface area contributed by atoms with Gasteiger partial charge in [-0.15, -0.1) is 25.5 Å². The van der Waals surface area contributed by atoms with Crippen molar-refractivity contribution in [3.63, 3.8) is 0 Å². The summed E-state index contributed by atoms with van der Waals surface area (Å²) < 4.78 is 1.78. The zero-order valence-corrected chi connectivity index (χ0v) is 25.6. The zero-order valence-electron chi connectivity index (χ0n) is 24.0. The molecule has 1 aliphatic heterocycles. The molecule has 226 valence electrons. The van der Waals surface area contributed by atoms with E-state index in [1.807, 2.05) is 36.5 Å². The van der Waals surface area contributed by atoms with Gasteiger partial charge >= 0.3 is 0 Å². The second-order valence-electron chi connectivity index (χ2n) is 10.5. The van der Waals surface area contributed by atoms with Crippen molar-refractivity contribution in [1.82, 2.24) is 35.4 Å². The first-order valence-corrected chi connectivity index (χ1v) is 15.8. The molecule has 0 radical (unpaired) electrons. The summed E-state index contributed by atoms with van der Waals surface area (Å²) >= 11 is 2.65. The number of carbonyl (C=O) groups is 2. The fraction of sp³-hybridized carbons (Fsp3) is 0.310. The molecule has 15 heteroatoms. The molecule has 1 atom stereocenters. The monoisotopic (exact) mass is 629 g/mol. The molecule has 0 saturated carbocycles. The molecule has 2 aromatic carbocycles. The average molecular weight is 630 g/mol. The Balaban J connectivity index is 0.925. The molecule has 4 heterocycles. The number of amides is 2. The van der Waals surface area contributed by atoms with Crippen molar-refractivity contribution in [2.45, 2.75) is 45.2 Å². The maximum absolute atomic E-state index is 12.6. The van der Waals surface area contributed by atoms with Crippen LogP contribution in [0.2, 0.25) is 0 Å². The van der Waals surface area contributed by atoms with E-state index in [9.17, 15) is 9.59 Å². The van der Waals surface area contributed by atoms with E-state index in [1.54, 1.807) is 4.68 Å². The van der Waals surface area contributed by atoms with Crippen molar-refractivity contribution in [2.24, 2.45) is 0 Å². The summed E-state index contributed by atoms with van der Waals surface area (Å²) in [4.78, 5) is 27.0. The Kier molecular flexibility index (Phi) is 9.12. The SMILES string of the molecule is Cc1ccc(Cn2cc(CCC(=O)Nc3nnc(N4CC[C@H](Nc5nnc(NC(=O)Cc6ccccc6)s5)C4)s3)nn2)cc1. The van der Waals surface area contributed by atoms with Crippen LogP contribution in [0.3, 0.4) is 0 Å². The Labute approximate surface area is 261 Å². The van der Waals surface area contributed by atoms with Crippen LogP contribution in [0.4, 0.5) is 20.5 Å². The molecule has 0 bridgehead atoms. The van der Waals surface area contributed by atoms with Gasteiger partial charge in [0.1, 0.15) is 0 Å². The first kappa shape index (κ1) is 29.3. The number of hydrogen-bond donors (Lipinski definition) is 3. The van der Waals surface area contributed by atoms with E-state index < -0.39 is 0 Å². The molecule has 44 heavy (non-hydrogen) atoms. The Hall–Kier alpha value is -4.76. The van der Waals surface area contributed by atoms with Crippen LogP contribution in [0.25, 0.3) is 0 Å². The van der Waals surface area contributed by atoms with Crippen LogP contribution in [0, 0.1) is 6.92 Å². The lowest BCUT2D eigenvalue weighted by molar-refractivity contribution is -0.116. The normalized spacial score (nSPS) is 14.5. The fourth-order valence-corrected chi connectivity index (χ4v) is 6.26. The Morgan fingerprint density at radius 2 is 1.61 bits per heavy atom. The third kappa shape index (κ3) is 7.99. The third-order valence-electron chi connectivity index (χ3n) is 6.99. The van der Waals surface area contributed by atoms with Gasteiger partial charge in [-0.2, -0.15) is 0 Å². The maximum atomic E-state index is 12.6. The highest BCUT2D eigenvalue weighted by Gasteiger charge is 2.26. The number of nitrogens with one attached hydrogen (secondary N) is 3. The molecule has 3 aromatic heterocycles. The largest absolute Gasteiger partial charge is 0.355 e. The van der Waals surface area contributed by atoms with E-state index in [0.29, 0.717) is 34.9 Å². The molecule has 13 nitrogen and oxygen atoms in total. The first-order valence-electron chi connectivity index (χ1n) is 14.2. The molecule has 1 aliphatic rings. The van der Waals surface area contributed by atoms with Crippen molar-refractivity contribution in [1.29, 1.82) is 0 Å². The van der Waals surface area contributed by atoms with Gasteiger partial charge in [0.2, 0.25) is 32.3 Å². The molecular weight excluding hydrogens is 599 g/mol. The van der Waals surface area contributed by atoms with Gasteiger partial charge in [-0.3, -0.25) is 9.59 Å². The minimum atomic E-state index is -0.148. The van der Waals surface area contributed by atoms with Crippen molar-refractivity contribution < 1.29 is 9.59 Å². The highest BCUT2D eigenvalue weighted by molar-refractivity contribution is 7.19.